The highest BCUT2D eigenvalue weighted by Crippen LogP contribution is 2.29. The van der Waals surface area contributed by atoms with Gasteiger partial charge in [0.15, 0.2) is 11.6 Å². The molecule has 2 aromatic heterocycles. The number of hydrogen-bond acceptors (Lipinski definition) is 7. The molecule has 212 valence electrons. The van der Waals surface area contributed by atoms with Crippen molar-refractivity contribution in [3.63, 3.8) is 0 Å². The SMILES string of the molecule is COC(=O)CNCCNC(=O)c1c[nH]c(-c2cc(Oc3cc(C(=O)Nc4cc(C)ccc4F)ccc3F)ccn2)c1. The first kappa shape index (κ1) is 28.9. The third-order valence-electron chi connectivity index (χ3n) is 5.83. The van der Waals surface area contributed by atoms with Gasteiger partial charge in [-0.2, -0.15) is 0 Å². The average Bonchev–Trinajstić information content (AvgIpc) is 3.46. The maximum Gasteiger partial charge on any atom is 0.319 e. The summed E-state index contributed by atoms with van der Waals surface area (Å²) in [5.74, 6) is -2.65. The van der Waals surface area contributed by atoms with E-state index in [9.17, 15) is 23.2 Å². The van der Waals surface area contributed by atoms with E-state index in [0.29, 0.717) is 30.0 Å². The van der Waals surface area contributed by atoms with Gasteiger partial charge in [-0.3, -0.25) is 19.4 Å². The molecule has 0 bridgehead atoms. The second kappa shape index (κ2) is 13.3. The van der Waals surface area contributed by atoms with Gasteiger partial charge in [0.25, 0.3) is 11.8 Å². The minimum Gasteiger partial charge on any atom is -0.468 e. The van der Waals surface area contributed by atoms with Crippen molar-refractivity contribution in [2.24, 2.45) is 0 Å². The van der Waals surface area contributed by atoms with Crippen LogP contribution in [0.1, 0.15) is 26.3 Å². The Balaban J connectivity index is 1.41. The van der Waals surface area contributed by atoms with Gasteiger partial charge in [0.05, 0.1) is 36.3 Å². The molecule has 0 radical (unpaired) electrons. The number of esters is 1. The van der Waals surface area contributed by atoms with E-state index >= 15 is 0 Å². The number of amides is 2. The number of anilines is 1. The third kappa shape index (κ3) is 7.73. The summed E-state index contributed by atoms with van der Waals surface area (Å²) in [5, 5.41) is 8.06. The Morgan fingerprint density at radius 2 is 1.73 bits per heavy atom. The summed E-state index contributed by atoms with van der Waals surface area (Å²) in [5.41, 5.74) is 2.13. The summed E-state index contributed by atoms with van der Waals surface area (Å²) in [6, 6.07) is 12.5. The van der Waals surface area contributed by atoms with Crippen molar-refractivity contribution >= 4 is 23.5 Å². The summed E-state index contributed by atoms with van der Waals surface area (Å²) in [6.07, 6.45) is 2.97. The van der Waals surface area contributed by atoms with Gasteiger partial charge in [0.2, 0.25) is 0 Å². The Morgan fingerprint density at radius 1 is 0.927 bits per heavy atom. The van der Waals surface area contributed by atoms with Crippen LogP contribution < -0.4 is 20.7 Å². The fourth-order valence-corrected chi connectivity index (χ4v) is 3.70. The number of carbonyl (C=O) groups is 3. The number of pyridine rings is 1. The number of H-pyrrole nitrogens is 1. The molecule has 0 fully saturated rings. The molecule has 4 rings (SSSR count). The smallest absolute Gasteiger partial charge is 0.319 e. The van der Waals surface area contributed by atoms with Gasteiger partial charge < -0.3 is 30.4 Å². The highest BCUT2D eigenvalue weighted by molar-refractivity contribution is 6.04. The van der Waals surface area contributed by atoms with E-state index in [1.165, 1.54) is 49.8 Å². The number of benzene rings is 2. The Bertz CT molecular complexity index is 1570. The van der Waals surface area contributed by atoms with Crippen molar-refractivity contribution < 1.29 is 32.6 Å². The van der Waals surface area contributed by atoms with Crippen LogP contribution in [0.2, 0.25) is 0 Å². The predicted octanol–water partition coefficient (Wildman–Crippen LogP) is 4.20. The van der Waals surface area contributed by atoms with Gasteiger partial charge >= 0.3 is 5.97 Å². The van der Waals surface area contributed by atoms with E-state index in [1.807, 2.05) is 0 Å². The van der Waals surface area contributed by atoms with Gasteiger partial charge in [0.1, 0.15) is 11.6 Å². The Kier molecular flexibility index (Phi) is 9.38. The number of hydrogen-bond donors (Lipinski definition) is 4. The number of rotatable bonds is 11. The molecule has 4 aromatic rings. The number of ether oxygens (including phenoxy) is 2. The lowest BCUT2D eigenvalue weighted by atomic mass is 10.1. The lowest BCUT2D eigenvalue weighted by Gasteiger charge is -2.11. The van der Waals surface area contributed by atoms with E-state index in [0.717, 1.165) is 11.6 Å². The molecule has 41 heavy (non-hydrogen) atoms. The number of aromatic nitrogens is 2. The van der Waals surface area contributed by atoms with Gasteiger partial charge in [-0.1, -0.05) is 6.07 Å². The van der Waals surface area contributed by atoms with E-state index in [4.69, 9.17) is 4.74 Å². The molecule has 0 spiro atoms. The van der Waals surface area contributed by atoms with Crippen molar-refractivity contribution in [2.45, 2.75) is 6.92 Å². The first-order valence-electron chi connectivity index (χ1n) is 12.5. The lowest BCUT2D eigenvalue weighted by molar-refractivity contribution is -0.139. The number of carbonyl (C=O) groups excluding carboxylic acids is 3. The van der Waals surface area contributed by atoms with Crippen molar-refractivity contribution in [3.8, 4) is 22.9 Å². The number of aryl methyl sites for hydroxylation is 1. The van der Waals surface area contributed by atoms with Gasteiger partial charge in [-0.25, -0.2) is 8.78 Å². The molecule has 0 aliphatic rings. The standard InChI is InChI=1S/C29H27F2N5O5/c1-17-3-5-21(30)23(11-17)36-29(39)18-4-6-22(31)26(13-18)41-20-7-8-33-25(14-20)24-12-19(15-35-24)28(38)34-10-9-32-16-27(37)40-2/h3-8,11-15,32,35H,9-10,16H2,1-2H3,(H,34,38)(H,36,39). The molecule has 0 saturated carbocycles. The monoisotopic (exact) mass is 563 g/mol. The van der Waals surface area contributed by atoms with Crippen molar-refractivity contribution in [2.75, 3.05) is 32.1 Å². The van der Waals surface area contributed by atoms with Crippen LogP contribution in [-0.2, 0) is 9.53 Å². The lowest BCUT2D eigenvalue weighted by Crippen LogP contribution is -2.34. The van der Waals surface area contributed by atoms with Crippen molar-refractivity contribution in [3.05, 3.63) is 95.3 Å². The van der Waals surface area contributed by atoms with E-state index in [1.54, 1.807) is 25.1 Å². The topological polar surface area (TPSA) is 134 Å². The first-order valence-corrected chi connectivity index (χ1v) is 12.5. The molecular formula is C29H27F2N5O5. The van der Waals surface area contributed by atoms with Crippen LogP contribution in [0, 0.1) is 18.6 Å². The molecule has 0 aliphatic carbocycles. The zero-order chi connectivity index (χ0) is 29.4. The van der Waals surface area contributed by atoms with E-state index < -0.39 is 23.5 Å². The molecule has 0 saturated heterocycles. The Morgan fingerprint density at radius 3 is 2.54 bits per heavy atom. The summed E-state index contributed by atoms with van der Waals surface area (Å²) in [6.45, 7) is 2.47. The summed E-state index contributed by atoms with van der Waals surface area (Å²) in [7, 11) is 1.29. The minimum atomic E-state index is -0.707. The fourth-order valence-electron chi connectivity index (χ4n) is 3.70. The maximum atomic E-state index is 14.6. The summed E-state index contributed by atoms with van der Waals surface area (Å²) in [4.78, 5) is 43.5. The second-order valence-electron chi connectivity index (χ2n) is 8.87. The molecule has 2 amide bonds. The number of nitrogens with one attached hydrogen (secondary N) is 4. The molecule has 0 atom stereocenters. The molecule has 0 aliphatic heterocycles. The minimum absolute atomic E-state index is 0.00907. The molecule has 10 nitrogen and oxygen atoms in total. The maximum absolute atomic E-state index is 14.6. The highest BCUT2D eigenvalue weighted by atomic mass is 19.1. The largest absolute Gasteiger partial charge is 0.468 e. The Hall–Kier alpha value is -5.10. The van der Waals surface area contributed by atoms with Crippen molar-refractivity contribution in [1.29, 1.82) is 0 Å². The summed E-state index contributed by atoms with van der Waals surface area (Å²) >= 11 is 0. The normalized spacial score (nSPS) is 10.6. The molecule has 4 N–H and O–H groups in total. The van der Waals surface area contributed by atoms with E-state index in [2.05, 4.69) is 30.7 Å². The van der Waals surface area contributed by atoms with E-state index in [-0.39, 0.29) is 35.2 Å². The van der Waals surface area contributed by atoms with Crippen LogP contribution in [0.4, 0.5) is 14.5 Å². The van der Waals surface area contributed by atoms with Gasteiger partial charge in [0, 0.05) is 37.1 Å². The van der Waals surface area contributed by atoms with Gasteiger partial charge in [-0.15, -0.1) is 0 Å². The first-order chi connectivity index (χ1) is 19.7. The number of nitrogens with zero attached hydrogens (tertiary/aromatic N) is 1. The molecule has 2 heterocycles. The van der Waals surface area contributed by atoms with Crippen LogP contribution in [0.3, 0.4) is 0 Å². The molecular weight excluding hydrogens is 536 g/mol. The zero-order valence-electron chi connectivity index (χ0n) is 22.2. The number of halogens is 2. The van der Waals surface area contributed by atoms with Gasteiger partial charge in [-0.05, 0) is 55.0 Å². The van der Waals surface area contributed by atoms with Crippen LogP contribution >= 0.6 is 0 Å². The predicted molar refractivity (Wildman–Crippen MR) is 147 cm³/mol. The van der Waals surface area contributed by atoms with Crippen molar-refractivity contribution in [1.82, 2.24) is 20.6 Å². The third-order valence-corrected chi connectivity index (χ3v) is 5.83. The highest BCUT2D eigenvalue weighted by Gasteiger charge is 2.15. The number of aromatic amines is 1. The molecule has 2 aromatic carbocycles. The second-order valence-corrected chi connectivity index (χ2v) is 8.87. The molecule has 12 heteroatoms. The summed E-state index contributed by atoms with van der Waals surface area (Å²) < 4.78 is 38.9. The quantitative estimate of drug-likeness (QED) is 0.159. The average molecular weight is 564 g/mol. The van der Waals surface area contributed by atoms with Crippen LogP contribution in [0.5, 0.6) is 11.5 Å². The number of methoxy groups -OCH3 is 1. The fraction of sp³-hybridized carbons (Fsp3) is 0.172. The Labute approximate surface area is 234 Å². The van der Waals surface area contributed by atoms with Crippen LogP contribution in [-0.4, -0.2) is 54.5 Å². The zero-order valence-corrected chi connectivity index (χ0v) is 22.2. The van der Waals surface area contributed by atoms with Crippen LogP contribution in [0.25, 0.3) is 11.4 Å². The molecule has 0 unspecified atom stereocenters. The van der Waals surface area contributed by atoms with Crippen LogP contribution in [0.15, 0.2) is 67.0 Å².